The molecule has 10 heteroatoms. The Labute approximate surface area is 213 Å². The van der Waals surface area contributed by atoms with E-state index in [1.165, 1.54) is 39.3 Å². The van der Waals surface area contributed by atoms with E-state index in [1.807, 2.05) is 0 Å². The quantitative estimate of drug-likeness (QED) is 0.106. The Hall–Kier alpha value is -0.960. The summed E-state index contributed by atoms with van der Waals surface area (Å²) in [6, 6.07) is 0. The minimum absolute atomic E-state index is 0.178. The first-order valence-corrected chi connectivity index (χ1v) is 15.4. The number of halogens is 2. The van der Waals surface area contributed by atoms with Crippen LogP contribution in [0.1, 0.15) is 39.5 Å². The second kappa shape index (κ2) is 15.0. The van der Waals surface area contributed by atoms with Gasteiger partial charge in [-0.05, 0) is 0 Å². The van der Waals surface area contributed by atoms with E-state index in [0.29, 0.717) is 13.1 Å². The summed E-state index contributed by atoms with van der Waals surface area (Å²) in [6.45, 7) is 12.9. The van der Waals surface area contributed by atoms with Crippen LogP contribution in [0.15, 0.2) is 0 Å². The Kier molecular flexibility index (Phi) is 12.8. The topological polar surface area (TPSA) is 76.7 Å². The molecular formula is C22H36I2N4O4. The van der Waals surface area contributed by atoms with Crippen LogP contribution in [0, 0.1) is 19.7 Å². The number of nitrogens with zero attached hydrogens (tertiary/aromatic N) is 2. The Bertz CT molecular complexity index is 655. The molecule has 3 rings (SSSR count). The molecule has 3 fully saturated rings. The van der Waals surface area contributed by atoms with Crippen molar-refractivity contribution in [2.75, 3.05) is 65.6 Å². The molecule has 3 aliphatic rings. The Morgan fingerprint density at radius 2 is 1.12 bits per heavy atom. The first-order valence-electron chi connectivity index (χ1n) is 11.3. The normalized spacial score (nSPS) is 23.4. The van der Waals surface area contributed by atoms with Crippen LogP contribution >= 0.6 is 0 Å². The van der Waals surface area contributed by atoms with Gasteiger partial charge in [0, 0.05) is 0 Å². The Balaban J connectivity index is 1.63. The number of amides is 2. The minimum atomic E-state index is -0.372. The fourth-order valence-electron chi connectivity index (χ4n) is 3.33. The maximum absolute atomic E-state index is 11.5. The predicted octanol–water partition coefficient (Wildman–Crippen LogP) is -4.37. The molecule has 0 atom stereocenters. The van der Waals surface area contributed by atoms with E-state index < -0.39 is 0 Å². The van der Waals surface area contributed by atoms with Gasteiger partial charge in [0.25, 0.3) is 0 Å². The molecule has 0 aromatic rings. The van der Waals surface area contributed by atoms with Crippen molar-refractivity contribution in [3.8, 4) is 19.7 Å². The third kappa shape index (κ3) is 9.89. The number of hydrogen-bond donors (Lipinski definition) is 2. The SMILES string of the molecule is CCCCNC(=O)OCC#C[I-][N+]12CC[N+]([I-]C#CCOC(=O)NCCCC)(CC1)CC2. The van der Waals surface area contributed by atoms with Crippen LogP contribution in [-0.2, 0) is 9.47 Å². The molecule has 2 bridgehead atoms. The van der Waals surface area contributed by atoms with Crippen LogP contribution in [-0.4, -0.2) is 83.2 Å². The number of carbonyl (C=O) groups excluding carboxylic acids is 2. The summed E-state index contributed by atoms with van der Waals surface area (Å²) in [4.78, 5) is 23.0. The summed E-state index contributed by atoms with van der Waals surface area (Å²) in [6.07, 6.45) is 3.28. The van der Waals surface area contributed by atoms with E-state index >= 15 is 0 Å². The molecule has 0 spiro atoms. The van der Waals surface area contributed by atoms with Crippen LogP contribution in [0.3, 0.4) is 0 Å². The zero-order valence-corrected chi connectivity index (χ0v) is 23.5. The van der Waals surface area contributed by atoms with E-state index in [-0.39, 0.29) is 68.4 Å². The van der Waals surface area contributed by atoms with Crippen molar-refractivity contribution in [3.63, 3.8) is 0 Å². The molecule has 8 nitrogen and oxygen atoms in total. The standard InChI is InChI=1S/C22H36I2N4O4/c1-3-5-11-25-21(29)31-19-7-9-23-27-13-16-28(17-14-27,18-15-27)24-10-8-20-32-22(30)26-12-6-4-2/h3-6,11-20H2,1-2H3,(H,25,29)(H,26,30). The van der Waals surface area contributed by atoms with Gasteiger partial charge in [-0.15, -0.1) is 0 Å². The monoisotopic (exact) mass is 674 g/mol. The van der Waals surface area contributed by atoms with Crippen molar-refractivity contribution < 1.29 is 67.4 Å². The van der Waals surface area contributed by atoms with Gasteiger partial charge in [0.2, 0.25) is 0 Å². The van der Waals surface area contributed by atoms with E-state index in [2.05, 4.69) is 44.2 Å². The molecule has 3 aliphatic heterocycles. The van der Waals surface area contributed by atoms with Crippen molar-refractivity contribution in [2.24, 2.45) is 0 Å². The molecule has 0 aromatic heterocycles. The Morgan fingerprint density at radius 1 is 0.750 bits per heavy atom. The molecule has 3 saturated heterocycles. The third-order valence-electron chi connectivity index (χ3n) is 5.43. The molecule has 0 radical (unpaired) electrons. The van der Waals surface area contributed by atoms with Gasteiger partial charge in [0.1, 0.15) is 0 Å². The van der Waals surface area contributed by atoms with E-state index in [1.54, 1.807) is 0 Å². The van der Waals surface area contributed by atoms with Crippen LogP contribution in [0.4, 0.5) is 9.59 Å². The number of alkyl carbamates (subject to hydrolysis) is 2. The molecule has 3 heterocycles. The number of quaternary nitrogens is 2. The van der Waals surface area contributed by atoms with E-state index in [0.717, 1.165) is 31.1 Å². The number of fused-ring (bicyclic) bond motifs is 3. The average Bonchev–Trinajstić information content (AvgIpc) is 2.80. The van der Waals surface area contributed by atoms with Gasteiger partial charge in [0.15, 0.2) is 0 Å². The average molecular weight is 674 g/mol. The van der Waals surface area contributed by atoms with Gasteiger partial charge in [-0.25, -0.2) is 0 Å². The van der Waals surface area contributed by atoms with Crippen molar-refractivity contribution in [3.05, 3.63) is 0 Å². The molecule has 2 amide bonds. The summed E-state index contributed by atoms with van der Waals surface area (Å²) < 4.78 is 19.2. The van der Waals surface area contributed by atoms with Crippen molar-refractivity contribution in [2.45, 2.75) is 39.5 Å². The number of nitrogens with one attached hydrogen (secondary N) is 2. The first kappa shape index (κ1) is 27.3. The number of rotatable bonds is 10. The Morgan fingerprint density at radius 3 is 1.47 bits per heavy atom. The number of hydrogen-bond acceptors (Lipinski definition) is 4. The summed E-state index contributed by atoms with van der Waals surface area (Å²) >= 11 is -0.565. The summed E-state index contributed by atoms with van der Waals surface area (Å²) in [7, 11) is 0. The van der Waals surface area contributed by atoms with Gasteiger partial charge in [-0.3, -0.25) is 0 Å². The van der Waals surface area contributed by atoms with Gasteiger partial charge < -0.3 is 0 Å². The van der Waals surface area contributed by atoms with Gasteiger partial charge in [-0.1, -0.05) is 0 Å². The second-order valence-corrected chi connectivity index (χ2v) is 14.0. The van der Waals surface area contributed by atoms with Gasteiger partial charge in [-0.2, -0.15) is 0 Å². The molecule has 2 N–H and O–H groups in total. The third-order valence-corrected chi connectivity index (χ3v) is 11.6. The number of ether oxygens (including phenoxy) is 2. The van der Waals surface area contributed by atoms with Crippen LogP contribution < -0.4 is 53.6 Å². The zero-order chi connectivity index (χ0) is 23.1. The molecule has 0 aromatic carbocycles. The van der Waals surface area contributed by atoms with Crippen molar-refractivity contribution in [1.29, 1.82) is 0 Å². The fraction of sp³-hybridized carbons (Fsp3) is 0.727. The predicted molar refractivity (Wildman–Crippen MR) is 114 cm³/mol. The fourth-order valence-corrected chi connectivity index (χ4v) is 7.75. The van der Waals surface area contributed by atoms with Gasteiger partial charge >= 0.3 is 215 Å². The van der Waals surface area contributed by atoms with Crippen molar-refractivity contribution >= 4 is 12.2 Å². The van der Waals surface area contributed by atoms with Crippen LogP contribution in [0.2, 0.25) is 0 Å². The molecule has 0 unspecified atom stereocenters. The second-order valence-electron chi connectivity index (χ2n) is 7.82. The van der Waals surface area contributed by atoms with Crippen molar-refractivity contribution in [1.82, 2.24) is 10.6 Å². The number of piperazine rings is 3. The summed E-state index contributed by atoms with van der Waals surface area (Å²) in [5.41, 5.74) is 0. The number of unbranched alkanes of at least 4 members (excludes halogenated alkanes) is 2. The molecular weight excluding hydrogens is 638 g/mol. The summed E-state index contributed by atoms with van der Waals surface area (Å²) in [5.74, 6) is 6.09. The first-order chi connectivity index (χ1) is 15.5. The van der Waals surface area contributed by atoms with Crippen LogP contribution in [0.25, 0.3) is 0 Å². The van der Waals surface area contributed by atoms with E-state index in [4.69, 9.17) is 9.47 Å². The van der Waals surface area contributed by atoms with E-state index in [9.17, 15) is 9.59 Å². The van der Waals surface area contributed by atoms with Gasteiger partial charge in [0.05, 0.1) is 0 Å². The zero-order valence-electron chi connectivity index (χ0n) is 19.2. The molecule has 0 aliphatic carbocycles. The van der Waals surface area contributed by atoms with Crippen LogP contribution in [0.5, 0.6) is 0 Å². The number of carbonyl (C=O) groups is 2. The summed E-state index contributed by atoms with van der Waals surface area (Å²) in [5, 5.41) is 5.46. The molecule has 32 heavy (non-hydrogen) atoms. The molecule has 182 valence electrons. The maximum atomic E-state index is 11.5. The molecule has 0 saturated carbocycles.